The minimum absolute atomic E-state index is 0.0836. The first-order valence-electron chi connectivity index (χ1n) is 10.1. The van der Waals surface area contributed by atoms with Gasteiger partial charge in [0.15, 0.2) is 0 Å². The Hall–Kier alpha value is -3.35. The van der Waals surface area contributed by atoms with E-state index < -0.39 is 0 Å². The number of phenolic OH excluding ortho intramolecular Hbond substituents is 1. The van der Waals surface area contributed by atoms with Gasteiger partial charge in [-0.25, -0.2) is 0 Å². The fourth-order valence-corrected chi connectivity index (χ4v) is 5.03. The normalized spacial score (nSPS) is 26.5. The minimum atomic E-state index is -0.364. The highest BCUT2D eigenvalue weighted by Crippen LogP contribution is 2.52. The van der Waals surface area contributed by atoms with Crippen molar-refractivity contribution >= 4 is 17.7 Å². The topological polar surface area (TPSA) is 91.1 Å². The number of hydrogen-bond acceptors (Lipinski definition) is 5. The molecular weight excluding hydrogens is 384 g/mol. The van der Waals surface area contributed by atoms with Crippen molar-refractivity contribution in [3.05, 3.63) is 66.1 Å². The molecule has 4 unspecified atom stereocenters. The third-order valence-corrected chi connectivity index (χ3v) is 6.49. The zero-order valence-electron chi connectivity index (χ0n) is 16.3. The second-order valence-corrected chi connectivity index (χ2v) is 8.22. The van der Waals surface area contributed by atoms with E-state index in [4.69, 9.17) is 4.42 Å². The smallest absolute Gasteiger partial charge is 0.243 e. The van der Waals surface area contributed by atoms with Crippen LogP contribution in [0.4, 0.5) is 0 Å². The Bertz CT molecular complexity index is 998. The number of furan rings is 1. The molecule has 1 saturated carbocycles. The number of rotatable bonds is 6. The Morgan fingerprint density at radius 3 is 2.37 bits per heavy atom. The number of carbonyl (C=O) groups is 3. The number of benzene rings is 1. The van der Waals surface area contributed by atoms with Gasteiger partial charge >= 0.3 is 0 Å². The standard InChI is InChI=1S/C23H22N2O5/c26-18-6-2-1-4-16(18)11-24(12-17-5-3-9-30-17)19(27)13-25-22(28)20-14-7-8-15(10-14)21(20)23(25)29/h1-9,14-15,20-21,26H,10-13H2. The van der Waals surface area contributed by atoms with Crippen LogP contribution >= 0.6 is 0 Å². The molecule has 1 aromatic heterocycles. The first kappa shape index (κ1) is 18.7. The highest BCUT2D eigenvalue weighted by atomic mass is 16.3. The number of amides is 3. The average molecular weight is 406 g/mol. The largest absolute Gasteiger partial charge is 0.508 e. The van der Waals surface area contributed by atoms with Gasteiger partial charge < -0.3 is 14.4 Å². The SMILES string of the molecule is O=C(CN1C(=O)C2C3C=CC(C3)C2C1=O)N(Cc1ccco1)Cc1ccccc1O. The molecule has 2 fully saturated rings. The fourth-order valence-electron chi connectivity index (χ4n) is 5.03. The molecule has 3 aliphatic rings. The molecule has 0 spiro atoms. The summed E-state index contributed by atoms with van der Waals surface area (Å²) in [5.41, 5.74) is 0.579. The van der Waals surface area contributed by atoms with Crippen LogP contribution in [0.5, 0.6) is 5.75 Å². The summed E-state index contributed by atoms with van der Waals surface area (Å²) in [6.07, 6.45) is 6.44. The van der Waals surface area contributed by atoms with Crippen LogP contribution in [0.2, 0.25) is 0 Å². The Balaban J connectivity index is 1.35. The van der Waals surface area contributed by atoms with E-state index >= 15 is 0 Å². The van der Waals surface area contributed by atoms with Crippen LogP contribution < -0.4 is 0 Å². The highest BCUT2D eigenvalue weighted by molar-refractivity contribution is 6.08. The van der Waals surface area contributed by atoms with Crippen molar-refractivity contribution in [3.8, 4) is 5.75 Å². The van der Waals surface area contributed by atoms with Gasteiger partial charge in [0.05, 0.1) is 24.6 Å². The summed E-state index contributed by atoms with van der Waals surface area (Å²) in [4.78, 5) is 41.6. The van der Waals surface area contributed by atoms with Crippen LogP contribution in [0, 0.1) is 23.7 Å². The van der Waals surface area contributed by atoms with E-state index in [2.05, 4.69) is 0 Å². The molecule has 1 N–H and O–H groups in total. The second kappa shape index (κ2) is 7.16. The van der Waals surface area contributed by atoms with Crippen LogP contribution in [-0.4, -0.2) is 39.2 Å². The zero-order valence-corrected chi connectivity index (χ0v) is 16.3. The molecular formula is C23H22N2O5. The van der Waals surface area contributed by atoms with Crippen LogP contribution in [0.25, 0.3) is 0 Å². The molecule has 1 aromatic carbocycles. The van der Waals surface area contributed by atoms with Gasteiger partial charge in [-0.05, 0) is 36.5 Å². The van der Waals surface area contributed by atoms with Crippen LogP contribution in [-0.2, 0) is 27.5 Å². The van der Waals surface area contributed by atoms with Crippen LogP contribution in [0.15, 0.2) is 59.2 Å². The summed E-state index contributed by atoms with van der Waals surface area (Å²) >= 11 is 0. The quantitative estimate of drug-likeness (QED) is 0.587. The summed E-state index contributed by atoms with van der Waals surface area (Å²) in [5, 5.41) is 10.1. The highest BCUT2D eigenvalue weighted by Gasteiger charge is 2.59. The first-order chi connectivity index (χ1) is 14.5. The molecule has 1 saturated heterocycles. The number of nitrogens with zero attached hydrogens (tertiary/aromatic N) is 2. The van der Waals surface area contributed by atoms with E-state index in [-0.39, 0.29) is 66.8 Å². The lowest BCUT2D eigenvalue weighted by Gasteiger charge is -2.25. The minimum Gasteiger partial charge on any atom is -0.508 e. The summed E-state index contributed by atoms with van der Waals surface area (Å²) < 4.78 is 5.38. The molecule has 3 amide bonds. The molecule has 2 aliphatic carbocycles. The first-order valence-corrected chi connectivity index (χ1v) is 10.1. The van der Waals surface area contributed by atoms with Gasteiger partial charge in [0, 0.05) is 12.1 Å². The molecule has 1 aliphatic heterocycles. The summed E-state index contributed by atoms with van der Waals surface area (Å²) in [6.45, 7) is 0.0244. The number of para-hydroxylation sites is 1. The van der Waals surface area contributed by atoms with Gasteiger partial charge in [-0.15, -0.1) is 0 Å². The van der Waals surface area contributed by atoms with Crippen molar-refractivity contribution in [2.24, 2.45) is 23.7 Å². The number of allylic oxidation sites excluding steroid dienone is 2. The summed E-state index contributed by atoms with van der Waals surface area (Å²) in [5.74, 6) is -0.608. The van der Waals surface area contributed by atoms with Crippen LogP contribution in [0.1, 0.15) is 17.7 Å². The van der Waals surface area contributed by atoms with Crippen molar-refractivity contribution < 1.29 is 23.9 Å². The Morgan fingerprint density at radius 1 is 1.03 bits per heavy atom. The number of imide groups is 1. The lowest BCUT2D eigenvalue weighted by Crippen LogP contribution is -2.43. The number of carbonyl (C=O) groups excluding carboxylic acids is 3. The molecule has 0 radical (unpaired) electrons. The molecule has 2 aromatic rings. The predicted molar refractivity (Wildman–Crippen MR) is 106 cm³/mol. The van der Waals surface area contributed by atoms with Gasteiger partial charge in [0.1, 0.15) is 18.1 Å². The van der Waals surface area contributed by atoms with Gasteiger partial charge in [0.25, 0.3) is 0 Å². The number of phenols is 1. The van der Waals surface area contributed by atoms with E-state index in [9.17, 15) is 19.5 Å². The number of hydrogen-bond donors (Lipinski definition) is 1. The maximum atomic E-state index is 13.2. The Morgan fingerprint density at radius 2 is 1.73 bits per heavy atom. The molecule has 4 atom stereocenters. The molecule has 2 heterocycles. The number of aromatic hydroxyl groups is 1. The third kappa shape index (κ3) is 3.01. The molecule has 2 bridgehead atoms. The second-order valence-electron chi connectivity index (χ2n) is 8.22. The Labute approximate surface area is 173 Å². The number of fused-ring (bicyclic) bond motifs is 5. The maximum absolute atomic E-state index is 13.2. The monoisotopic (exact) mass is 406 g/mol. The lowest BCUT2D eigenvalue weighted by molar-refractivity contribution is -0.147. The molecule has 7 nitrogen and oxygen atoms in total. The average Bonchev–Trinajstić information content (AvgIpc) is 3.51. The van der Waals surface area contributed by atoms with Crippen molar-refractivity contribution in [1.29, 1.82) is 0 Å². The maximum Gasteiger partial charge on any atom is 0.243 e. The zero-order chi connectivity index (χ0) is 20.8. The molecule has 30 heavy (non-hydrogen) atoms. The summed E-state index contributed by atoms with van der Waals surface area (Å²) in [7, 11) is 0. The number of likely N-dealkylation sites (tertiary alicyclic amines) is 1. The third-order valence-electron chi connectivity index (χ3n) is 6.49. The van der Waals surface area contributed by atoms with Crippen molar-refractivity contribution in [1.82, 2.24) is 9.80 Å². The van der Waals surface area contributed by atoms with E-state index in [0.717, 1.165) is 11.3 Å². The van der Waals surface area contributed by atoms with E-state index in [1.807, 2.05) is 12.2 Å². The summed E-state index contributed by atoms with van der Waals surface area (Å²) in [6, 6.07) is 10.3. The molecule has 5 rings (SSSR count). The van der Waals surface area contributed by atoms with Gasteiger partial charge in [-0.3, -0.25) is 19.3 Å². The van der Waals surface area contributed by atoms with E-state index in [0.29, 0.717) is 11.3 Å². The molecule has 7 heteroatoms. The van der Waals surface area contributed by atoms with Gasteiger partial charge in [-0.2, -0.15) is 0 Å². The fraction of sp³-hybridized carbons (Fsp3) is 0.348. The van der Waals surface area contributed by atoms with Crippen molar-refractivity contribution in [3.63, 3.8) is 0 Å². The Kier molecular flexibility index (Phi) is 4.46. The van der Waals surface area contributed by atoms with Gasteiger partial charge in [-0.1, -0.05) is 30.4 Å². The molecule has 154 valence electrons. The van der Waals surface area contributed by atoms with E-state index in [1.54, 1.807) is 36.4 Å². The predicted octanol–water partition coefficient (Wildman–Crippen LogP) is 2.32. The van der Waals surface area contributed by atoms with Gasteiger partial charge in [0.2, 0.25) is 17.7 Å². The van der Waals surface area contributed by atoms with Crippen molar-refractivity contribution in [2.45, 2.75) is 19.5 Å². The lowest BCUT2D eigenvalue weighted by atomic mass is 9.85. The van der Waals surface area contributed by atoms with E-state index in [1.165, 1.54) is 11.2 Å². The van der Waals surface area contributed by atoms with Crippen LogP contribution in [0.3, 0.4) is 0 Å². The van der Waals surface area contributed by atoms with Crippen molar-refractivity contribution in [2.75, 3.05) is 6.54 Å².